The van der Waals surface area contributed by atoms with Crippen molar-refractivity contribution in [2.45, 2.75) is 25.4 Å². The van der Waals surface area contributed by atoms with Gasteiger partial charge in [-0.05, 0) is 12.3 Å². The van der Waals surface area contributed by atoms with Crippen LogP contribution in [0.2, 0.25) is 0 Å². The molecule has 1 spiro atoms. The zero-order valence-electron chi connectivity index (χ0n) is 4.61. The Morgan fingerprint density at radius 1 is 1.71 bits per heavy atom. The van der Waals surface area contributed by atoms with Crippen LogP contribution in [0.15, 0.2) is 0 Å². The molecule has 40 valence electrons. The van der Waals surface area contributed by atoms with Gasteiger partial charge in [-0.25, -0.2) is 0 Å². The molecule has 0 amide bonds. The van der Waals surface area contributed by atoms with Crippen molar-refractivity contribution < 1.29 is 4.74 Å². The SMILES string of the molecule is C[C@H]1C[C@@]12CCO2. The molecule has 2 rings (SSSR count). The van der Waals surface area contributed by atoms with E-state index in [-0.39, 0.29) is 0 Å². The van der Waals surface area contributed by atoms with Gasteiger partial charge in [0.1, 0.15) is 0 Å². The summed E-state index contributed by atoms with van der Waals surface area (Å²) in [5.74, 6) is 0.876. The summed E-state index contributed by atoms with van der Waals surface area (Å²) < 4.78 is 5.34. The van der Waals surface area contributed by atoms with Gasteiger partial charge in [0.25, 0.3) is 0 Å². The summed E-state index contributed by atoms with van der Waals surface area (Å²) in [4.78, 5) is 0. The highest BCUT2D eigenvalue weighted by molar-refractivity contribution is 5.06. The lowest BCUT2D eigenvalue weighted by atomic mass is 10.1. The van der Waals surface area contributed by atoms with E-state index in [1.54, 1.807) is 0 Å². The molecular formula is C6H10O. The predicted octanol–water partition coefficient (Wildman–Crippen LogP) is 1.19. The van der Waals surface area contributed by atoms with Crippen LogP contribution in [-0.4, -0.2) is 12.2 Å². The van der Waals surface area contributed by atoms with Crippen molar-refractivity contribution in [1.29, 1.82) is 0 Å². The molecule has 0 N–H and O–H groups in total. The molecule has 1 saturated carbocycles. The van der Waals surface area contributed by atoms with Gasteiger partial charge in [-0.3, -0.25) is 0 Å². The number of hydrogen-bond donors (Lipinski definition) is 0. The summed E-state index contributed by atoms with van der Waals surface area (Å²) in [6.07, 6.45) is 2.65. The minimum absolute atomic E-state index is 0.431. The second-order valence-corrected chi connectivity index (χ2v) is 2.77. The monoisotopic (exact) mass is 98.1 g/mol. The fraction of sp³-hybridized carbons (Fsp3) is 1.00. The molecule has 0 aromatic carbocycles. The van der Waals surface area contributed by atoms with E-state index in [4.69, 9.17) is 4.74 Å². The predicted molar refractivity (Wildman–Crippen MR) is 27.1 cm³/mol. The number of ether oxygens (including phenoxy) is 1. The lowest BCUT2D eigenvalue weighted by Crippen LogP contribution is -2.30. The van der Waals surface area contributed by atoms with E-state index >= 15 is 0 Å². The van der Waals surface area contributed by atoms with E-state index in [1.807, 2.05) is 0 Å². The summed E-state index contributed by atoms with van der Waals surface area (Å²) in [7, 11) is 0. The van der Waals surface area contributed by atoms with Crippen LogP contribution >= 0.6 is 0 Å². The fourth-order valence-electron chi connectivity index (χ4n) is 1.37. The molecule has 0 aromatic rings. The normalized spacial score (nSPS) is 57.0. The molecule has 1 aliphatic carbocycles. The third-order valence-electron chi connectivity index (χ3n) is 2.30. The van der Waals surface area contributed by atoms with E-state index < -0.39 is 0 Å². The Bertz CT molecular complexity index is 88.8. The van der Waals surface area contributed by atoms with E-state index in [0.717, 1.165) is 12.5 Å². The second kappa shape index (κ2) is 0.873. The van der Waals surface area contributed by atoms with Crippen molar-refractivity contribution >= 4 is 0 Å². The largest absolute Gasteiger partial charge is 0.375 e. The van der Waals surface area contributed by atoms with Gasteiger partial charge in [0.15, 0.2) is 0 Å². The molecule has 0 unspecified atom stereocenters. The first kappa shape index (κ1) is 3.90. The van der Waals surface area contributed by atoms with Crippen molar-refractivity contribution in [2.24, 2.45) is 5.92 Å². The second-order valence-electron chi connectivity index (χ2n) is 2.77. The van der Waals surface area contributed by atoms with Crippen LogP contribution in [0.5, 0.6) is 0 Å². The lowest BCUT2D eigenvalue weighted by molar-refractivity contribution is -0.0821. The summed E-state index contributed by atoms with van der Waals surface area (Å²) in [5.41, 5.74) is 0.431. The molecule has 0 aromatic heterocycles. The first-order chi connectivity index (χ1) is 3.33. The maximum atomic E-state index is 5.34. The summed E-state index contributed by atoms with van der Waals surface area (Å²) >= 11 is 0. The fourth-order valence-corrected chi connectivity index (χ4v) is 1.37. The first-order valence-electron chi connectivity index (χ1n) is 2.97. The third-order valence-corrected chi connectivity index (χ3v) is 2.30. The molecule has 1 aliphatic heterocycles. The highest BCUT2D eigenvalue weighted by atomic mass is 16.5. The highest BCUT2D eigenvalue weighted by Gasteiger charge is 2.56. The van der Waals surface area contributed by atoms with Gasteiger partial charge in [-0.1, -0.05) is 6.92 Å². The van der Waals surface area contributed by atoms with Gasteiger partial charge < -0.3 is 4.74 Å². The van der Waals surface area contributed by atoms with Crippen LogP contribution < -0.4 is 0 Å². The average Bonchev–Trinajstić information content (AvgIpc) is 2.10. The van der Waals surface area contributed by atoms with Gasteiger partial charge in [0.05, 0.1) is 12.2 Å². The topological polar surface area (TPSA) is 9.23 Å². The van der Waals surface area contributed by atoms with Crippen LogP contribution in [0, 0.1) is 5.92 Å². The standard InChI is InChI=1S/C6H10O/c1-5-4-6(5)2-3-7-6/h5H,2-4H2,1H3/t5-,6-/m0/s1. The van der Waals surface area contributed by atoms with Crippen molar-refractivity contribution in [2.75, 3.05) is 6.61 Å². The Morgan fingerprint density at radius 2 is 2.29 bits per heavy atom. The van der Waals surface area contributed by atoms with Crippen LogP contribution in [0.4, 0.5) is 0 Å². The Hall–Kier alpha value is -0.0400. The zero-order chi connectivity index (χ0) is 4.91. The Labute approximate surface area is 43.7 Å². The first-order valence-corrected chi connectivity index (χ1v) is 2.97. The molecule has 0 radical (unpaired) electrons. The molecule has 7 heavy (non-hydrogen) atoms. The van der Waals surface area contributed by atoms with Crippen LogP contribution in [0.1, 0.15) is 19.8 Å². The third kappa shape index (κ3) is 0.325. The van der Waals surface area contributed by atoms with Gasteiger partial charge in [-0.15, -0.1) is 0 Å². The van der Waals surface area contributed by atoms with Gasteiger partial charge in [0, 0.05) is 6.42 Å². The zero-order valence-corrected chi connectivity index (χ0v) is 4.61. The lowest BCUT2D eigenvalue weighted by Gasteiger charge is -2.27. The number of rotatable bonds is 0. The Balaban J connectivity index is 2.05. The average molecular weight is 98.1 g/mol. The van der Waals surface area contributed by atoms with Crippen LogP contribution in [-0.2, 0) is 4.74 Å². The summed E-state index contributed by atoms with van der Waals surface area (Å²) in [6.45, 7) is 3.28. The van der Waals surface area contributed by atoms with Gasteiger partial charge in [0.2, 0.25) is 0 Å². The Kier molecular flexibility index (Phi) is 0.487. The van der Waals surface area contributed by atoms with Crippen molar-refractivity contribution in [3.63, 3.8) is 0 Å². The molecule has 1 heteroatoms. The maximum Gasteiger partial charge on any atom is 0.0734 e. The molecule has 1 heterocycles. The van der Waals surface area contributed by atoms with Crippen molar-refractivity contribution in [1.82, 2.24) is 0 Å². The van der Waals surface area contributed by atoms with Gasteiger partial charge in [-0.2, -0.15) is 0 Å². The molecule has 2 aliphatic rings. The molecule has 0 bridgehead atoms. The highest BCUT2D eigenvalue weighted by Crippen LogP contribution is 2.54. The molecule has 2 atom stereocenters. The minimum atomic E-state index is 0.431. The molecule has 1 nitrogen and oxygen atoms in total. The molecule has 1 saturated heterocycles. The maximum absolute atomic E-state index is 5.34. The van der Waals surface area contributed by atoms with E-state index in [2.05, 4.69) is 6.92 Å². The van der Waals surface area contributed by atoms with Crippen LogP contribution in [0.3, 0.4) is 0 Å². The number of hydrogen-bond acceptors (Lipinski definition) is 1. The Morgan fingerprint density at radius 3 is 2.29 bits per heavy atom. The van der Waals surface area contributed by atoms with E-state index in [9.17, 15) is 0 Å². The van der Waals surface area contributed by atoms with E-state index in [1.165, 1.54) is 12.8 Å². The van der Waals surface area contributed by atoms with Crippen molar-refractivity contribution in [3.8, 4) is 0 Å². The molecule has 2 fully saturated rings. The quantitative estimate of drug-likeness (QED) is 0.442. The summed E-state index contributed by atoms with van der Waals surface area (Å²) in [6, 6.07) is 0. The van der Waals surface area contributed by atoms with E-state index in [0.29, 0.717) is 5.60 Å². The molecular weight excluding hydrogens is 88.1 g/mol. The van der Waals surface area contributed by atoms with Crippen LogP contribution in [0.25, 0.3) is 0 Å². The summed E-state index contributed by atoms with van der Waals surface area (Å²) in [5, 5.41) is 0. The van der Waals surface area contributed by atoms with Gasteiger partial charge >= 0.3 is 0 Å². The smallest absolute Gasteiger partial charge is 0.0734 e. The van der Waals surface area contributed by atoms with Crippen molar-refractivity contribution in [3.05, 3.63) is 0 Å². The minimum Gasteiger partial charge on any atom is -0.375 e.